The van der Waals surface area contributed by atoms with Crippen LogP contribution in [0.25, 0.3) is 22.0 Å². The predicted molar refractivity (Wildman–Crippen MR) is 139 cm³/mol. The summed E-state index contributed by atoms with van der Waals surface area (Å²) in [5, 5.41) is 10.6. The summed E-state index contributed by atoms with van der Waals surface area (Å²) < 4.78 is 0. The summed E-state index contributed by atoms with van der Waals surface area (Å²) in [5.41, 5.74) is 11.0. The van der Waals surface area contributed by atoms with E-state index in [0.29, 0.717) is 0 Å². The molecule has 2 aromatic heterocycles. The highest BCUT2D eigenvalue weighted by molar-refractivity contribution is 7.10. The molecule has 0 fully saturated rings. The molecule has 0 saturated carbocycles. The van der Waals surface area contributed by atoms with Gasteiger partial charge in [-0.2, -0.15) is 0 Å². The summed E-state index contributed by atoms with van der Waals surface area (Å²) in [6, 6.07) is 19.9. The molecule has 3 N–H and O–H groups in total. The molecule has 0 bridgehead atoms. The van der Waals surface area contributed by atoms with Gasteiger partial charge in [0.25, 0.3) is 0 Å². The van der Waals surface area contributed by atoms with E-state index in [-0.39, 0.29) is 11.9 Å². The van der Waals surface area contributed by atoms with Gasteiger partial charge in [-0.05, 0) is 71.8 Å². The van der Waals surface area contributed by atoms with E-state index in [1.807, 2.05) is 68.4 Å². The summed E-state index contributed by atoms with van der Waals surface area (Å²) in [4.78, 5) is 25.5. The van der Waals surface area contributed by atoms with E-state index in [1.54, 1.807) is 18.4 Å². The van der Waals surface area contributed by atoms with Gasteiger partial charge in [0.15, 0.2) is 5.96 Å². The molecule has 0 saturated heterocycles. The fourth-order valence-electron chi connectivity index (χ4n) is 4.58. The quantitative estimate of drug-likeness (QED) is 0.411. The normalized spacial score (nSPS) is 20.4. The third-order valence-electron chi connectivity index (χ3n) is 6.50. The molecule has 1 aliphatic heterocycles. The van der Waals surface area contributed by atoms with Gasteiger partial charge in [0.05, 0.1) is 11.4 Å². The van der Waals surface area contributed by atoms with Gasteiger partial charge in [0.2, 0.25) is 5.91 Å². The number of guanidine groups is 1. The van der Waals surface area contributed by atoms with Crippen LogP contribution in [0.5, 0.6) is 0 Å². The molecule has 4 aromatic rings. The molecule has 1 amide bonds. The third kappa shape index (κ3) is 3.58. The van der Waals surface area contributed by atoms with Crippen LogP contribution in [0.1, 0.15) is 34.5 Å². The Morgan fingerprint density at radius 2 is 1.94 bits per heavy atom. The van der Waals surface area contributed by atoms with Crippen molar-refractivity contribution in [1.82, 2.24) is 9.88 Å². The lowest BCUT2D eigenvalue weighted by Crippen LogP contribution is -2.52. The van der Waals surface area contributed by atoms with Gasteiger partial charge in [-0.15, -0.1) is 11.3 Å². The molecular formula is C27H25N5OS. The molecule has 0 aliphatic carbocycles. The van der Waals surface area contributed by atoms with Crippen LogP contribution >= 0.6 is 11.3 Å². The highest BCUT2D eigenvalue weighted by Crippen LogP contribution is 2.47. The van der Waals surface area contributed by atoms with Gasteiger partial charge in [0.1, 0.15) is 5.54 Å². The smallest absolute Gasteiger partial charge is 0.239 e. The van der Waals surface area contributed by atoms with Crippen molar-refractivity contribution in [3.63, 3.8) is 0 Å². The number of aliphatic imine (C=N–C) groups is 1. The number of benzene rings is 2. The Morgan fingerprint density at radius 3 is 2.74 bits per heavy atom. The van der Waals surface area contributed by atoms with Crippen LogP contribution in [0.15, 0.2) is 71.0 Å². The molecule has 0 radical (unpaired) electrons. The number of likely N-dealkylation sites (N-methyl/N-ethyl adjacent to an activating group) is 1. The van der Waals surface area contributed by atoms with Crippen LogP contribution < -0.4 is 5.73 Å². The number of carbonyl (C=O) groups is 1. The molecule has 2 atom stereocenters. The number of thiophene rings is 1. The Hall–Kier alpha value is -3.84. The predicted octanol–water partition coefficient (Wildman–Crippen LogP) is 5.06. The van der Waals surface area contributed by atoms with E-state index >= 15 is 0 Å². The highest BCUT2D eigenvalue weighted by Gasteiger charge is 2.48. The summed E-state index contributed by atoms with van der Waals surface area (Å²) in [5.74, 6) is -0.410. The fraction of sp³-hybridized carbons (Fsp3) is 0.185. The number of aromatic nitrogens is 1. The molecule has 7 heteroatoms. The first-order valence-corrected chi connectivity index (χ1v) is 11.9. The second-order valence-electron chi connectivity index (χ2n) is 8.82. The van der Waals surface area contributed by atoms with Gasteiger partial charge in [0, 0.05) is 29.2 Å². The number of pyridine rings is 1. The van der Waals surface area contributed by atoms with Crippen LogP contribution in [0.2, 0.25) is 0 Å². The molecule has 3 heterocycles. The van der Waals surface area contributed by atoms with E-state index in [1.165, 1.54) is 11.1 Å². The number of nitrogens with zero attached hydrogens (tertiary/aromatic N) is 3. The minimum atomic E-state index is -0.860. The molecule has 2 aromatic carbocycles. The molecular weight excluding hydrogens is 442 g/mol. The second kappa shape index (κ2) is 8.18. The number of amides is 1. The Labute approximate surface area is 202 Å². The van der Waals surface area contributed by atoms with Crippen molar-refractivity contribution in [3.8, 4) is 11.1 Å². The maximum atomic E-state index is 13.6. The van der Waals surface area contributed by atoms with E-state index in [2.05, 4.69) is 16.4 Å². The molecule has 0 spiro atoms. The lowest BCUT2D eigenvalue weighted by molar-refractivity contribution is -0.130. The Balaban J connectivity index is 1.64. The van der Waals surface area contributed by atoms with Crippen LogP contribution in [-0.2, 0) is 10.3 Å². The number of aryl methyl sites for hydroxylation is 1. The van der Waals surface area contributed by atoms with Gasteiger partial charge in [-0.3, -0.25) is 14.7 Å². The number of rotatable bonds is 4. The zero-order valence-corrected chi connectivity index (χ0v) is 20.1. The molecule has 1 aliphatic rings. The van der Waals surface area contributed by atoms with Crippen LogP contribution in [0.3, 0.4) is 0 Å². The first-order valence-electron chi connectivity index (χ1n) is 11.0. The van der Waals surface area contributed by atoms with Crippen molar-refractivity contribution in [2.45, 2.75) is 25.3 Å². The van der Waals surface area contributed by atoms with Crippen molar-refractivity contribution in [2.75, 3.05) is 7.05 Å². The zero-order chi connectivity index (χ0) is 24.0. The number of nitrogens with two attached hydrogens (primary N) is 1. The fourth-order valence-corrected chi connectivity index (χ4v) is 5.63. The minimum absolute atomic E-state index is 0.0878. The molecule has 5 rings (SSSR count). The average molecular weight is 468 g/mol. The lowest BCUT2D eigenvalue weighted by atomic mass is 9.77. The number of fused-ring (bicyclic) bond motifs is 1. The van der Waals surface area contributed by atoms with Crippen molar-refractivity contribution >= 4 is 40.3 Å². The summed E-state index contributed by atoms with van der Waals surface area (Å²) >= 11 is 1.57. The van der Waals surface area contributed by atoms with Gasteiger partial charge in [-0.25, -0.2) is 4.99 Å². The van der Waals surface area contributed by atoms with E-state index in [4.69, 9.17) is 16.1 Å². The molecule has 0 unspecified atom stereocenters. The highest BCUT2D eigenvalue weighted by atomic mass is 32.1. The van der Waals surface area contributed by atoms with E-state index in [9.17, 15) is 4.79 Å². The minimum Gasteiger partial charge on any atom is -0.369 e. The van der Waals surface area contributed by atoms with E-state index in [0.717, 1.165) is 43.7 Å². The SMILES string of the molecule is Cc1ccc2cc([C@H]3C(=O)N(C)C(N)=N[C@]3(C)c3cc(-c4cccc(C=N)c4)cs3)ccc2n1. The summed E-state index contributed by atoms with van der Waals surface area (Å²) in [6.07, 6.45) is 1.34. The Kier molecular flexibility index (Phi) is 5.29. The standard InChI is InChI=1S/C27H25N5OS/c1-16-7-8-19-12-20(9-10-22(19)30-16)24-25(33)32(3)26(29)31-27(24,2)23-13-21(15-34-23)18-6-4-5-17(11-18)14-28/h4-15,24,28H,1-3H3,(H2,29,31)/t24-,27+/m0/s1. The topological polar surface area (TPSA) is 95.4 Å². The first kappa shape index (κ1) is 22.0. The molecule has 170 valence electrons. The average Bonchev–Trinajstić information content (AvgIpc) is 3.34. The summed E-state index contributed by atoms with van der Waals surface area (Å²) in [6.45, 7) is 3.95. The van der Waals surface area contributed by atoms with Crippen molar-refractivity contribution < 1.29 is 4.79 Å². The Bertz CT molecular complexity index is 1470. The Morgan fingerprint density at radius 1 is 1.12 bits per heavy atom. The van der Waals surface area contributed by atoms with E-state index < -0.39 is 11.5 Å². The molecule has 6 nitrogen and oxygen atoms in total. The maximum Gasteiger partial charge on any atom is 0.239 e. The number of nitrogens with one attached hydrogen (secondary N) is 1. The van der Waals surface area contributed by atoms with Crippen molar-refractivity contribution in [2.24, 2.45) is 10.7 Å². The first-order chi connectivity index (χ1) is 16.3. The van der Waals surface area contributed by atoms with Gasteiger partial charge in [-0.1, -0.05) is 30.3 Å². The largest absolute Gasteiger partial charge is 0.369 e. The number of carbonyl (C=O) groups excluding carboxylic acids is 1. The molecule has 34 heavy (non-hydrogen) atoms. The van der Waals surface area contributed by atoms with Gasteiger partial charge >= 0.3 is 0 Å². The maximum absolute atomic E-state index is 13.6. The van der Waals surface area contributed by atoms with Crippen LogP contribution in [-0.4, -0.2) is 35.0 Å². The zero-order valence-electron chi connectivity index (χ0n) is 19.2. The summed E-state index contributed by atoms with van der Waals surface area (Å²) in [7, 11) is 1.67. The monoisotopic (exact) mass is 467 g/mol. The number of hydrogen-bond donors (Lipinski definition) is 2. The van der Waals surface area contributed by atoms with Crippen molar-refractivity contribution in [3.05, 3.63) is 87.7 Å². The van der Waals surface area contributed by atoms with Gasteiger partial charge < -0.3 is 11.1 Å². The van der Waals surface area contributed by atoms with Crippen LogP contribution in [0, 0.1) is 12.3 Å². The second-order valence-corrected chi connectivity index (χ2v) is 9.73. The van der Waals surface area contributed by atoms with Crippen LogP contribution in [0.4, 0.5) is 0 Å². The van der Waals surface area contributed by atoms with Crippen molar-refractivity contribution in [1.29, 1.82) is 5.41 Å². The lowest BCUT2D eigenvalue weighted by Gasteiger charge is -2.40. The third-order valence-corrected chi connectivity index (χ3v) is 7.66. The number of hydrogen-bond acceptors (Lipinski definition) is 6.